The molecule has 2 rings (SSSR count). The molecule has 1 aromatic carbocycles. The number of nitrogens with zero attached hydrogens (tertiary/aromatic N) is 3. The predicted molar refractivity (Wildman–Crippen MR) is 79.3 cm³/mol. The van der Waals surface area contributed by atoms with E-state index < -0.39 is 0 Å². The smallest absolute Gasteiger partial charge is 0.134 e. The number of benzene rings is 1. The molecule has 0 fully saturated rings. The molecule has 1 aromatic heterocycles. The van der Waals surface area contributed by atoms with E-state index in [-0.39, 0.29) is 5.82 Å². The molecule has 0 amide bonds. The minimum absolute atomic E-state index is 0.219. The van der Waals surface area contributed by atoms with E-state index in [9.17, 15) is 4.39 Å². The molecule has 4 nitrogen and oxygen atoms in total. The molecule has 0 radical (unpaired) electrons. The second kappa shape index (κ2) is 6.84. The maximum atomic E-state index is 13.2. The summed E-state index contributed by atoms with van der Waals surface area (Å²) in [4.78, 5) is 10.4. The quantitative estimate of drug-likeness (QED) is 0.879. The molecule has 106 valence electrons. The molecular formula is C15H19FN4. The first-order valence-electron chi connectivity index (χ1n) is 6.70. The molecule has 0 bridgehead atoms. The van der Waals surface area contributed by atoms with Crippen molar-refractivity contribution in [2.45, 2.75) is 19.9 Å². The Morgan fingerprint density at radius 2 is 2.10 bits per heavy atom. The van der Waals surface area contributed by atoms with Crippen molar-refractivity contribution in [3.05, 3.63) is 48.0 Å². The first kappa shape index (κ1) is 14.2. The first-order chi connectivity index (χ1) is 9.69. The summed E-state index contributed by atoms with van der Waals surface area (Å²) in [7, 11) is 1.93. The Labute approximate surface area is 118 Å². The van der Waals surface area contributed by atoms with Gasteiger partial charge in [-0.05, 0) is 24.1 Å². The standard InChI is InChI=1S/C15H19FN4/c1-3-7-17-14-9-15(19-11-18-14)20(2)10-12-5-4-6-13(16)8-12/h4-6,8-9,11H,3,7,10H2,1-2H3,(H,17,18,19). The Bertz CT molecular complexity index is 559. The molecular weight excluding hydrogens is 255 g/mol. The lowest BCUT2D eigenvalue weighted by Crippen LogP contribution is -2.18. The average molecular weight is 274 g/mol. The SMILES string of the molecule is CCCNc1cc(N(C)Cc2cccc(F)c2)ncn1. The molecule has 0 saturated heterocycles. The zero-order valence-corrected chi connectivity index (χ0v) is 11.8. The maximum Gasteiger partial charge on any atom is 0.134 e. The highest BCUT2D eigenvalue weighted by Gasteiger charge is 2.06. The Morgan fingerprint density at radius 1 is 1.25 bits per heavy atom. The summed E-state index contributed by atoms with van der Waals surface area (Å²) in [6.45, 7) is 3.58. The first-order valence-corrected chi connectivity index (χ1v) is 6.70. The third-order valence-corrected chi connectivity index (χ3v) is 2.91. The van der Waals surface area contributed by atoms with Crippen molar-refractivity contribution in [2.75, 3.05) is 23.8 Å². The highest BCUT2D eigenvalue weighted by atomic mass is 19.1. The lowest BCUT2D eigenvalue weighted by Gasteiger charge is -2.18. The summed E-state index contributed by atoms with van der Waals surface area (Å²) >= 11 is 0. The van der Waals surface area contributed by atoms with Crippen LogP contribution in [0.1, 0.15) is 18.9 Å². The Morgan fingerprint density at radius 3 is 2.85 bits per heavy atom. The number of nitrogens with one attached hydrogen (secondary N) is 1. The number of aromatic nitrogens is 2. The molecule has 0 aliphatic rings. The number of hydrogen-bond acceptors (Lipinski definition) is 4. The summed E-state index contributed by atoms with van der Waals surface area (Å²) in [5.41, 5.74) is 0.911. The minimum atomic E-state index is -0.219. The highest BCUT2D eigenvalue weighted by Crippen LogP contribution is 2.15. The van der Waals surface area contributed by atoms with Gasteiger partial charge in [0.1, 0.15) is 23.8 Å². The van der Waals surface area contributed by atoms with Gasteiger partial charge < -0.3 is 10.2 Å². The molecule has 0 spiro atoms. The van der Waals surface area contributed by atoms with Crippen molar-refractivity contribution in [1.82, 2.24) is 9.97 Å². The summed E-state index contributed by atoms with van der Waals surface area (Å²) < 4.78 is 13.2. The van der Waals surface area contributed by atoms with Gasteiger partial charge in [0.2, 0.25) is 0 Å². The van der Waals surface area contributed by atoms with Gasteiger partial charge in [-0.3, -0.25) is 0 Å². The maximum absolute atomic E-state index is 13.2. The van der Waals surface area contributed by atoms with Crippen LogP contribution in [-0.2, 0) is 6.54 Å². The van der Waals surface area contributed by atoms with Crippen LogP contribution in [-0.4, -0.2) is 23.6 Å². The van der Waals surface area contributed by atoms with E-state index >= 15 is 0 Å². The topological polar surface area (TPSA) is 41.0 Å². The van der Waals surface area contributed by atoms with Crippen LogP contribution >= 0.6 is 0 Å². The fourth-order valence-corrected chi connectivity index (χ4v) is 1.90. The Hall–Kier alpha value is -2.17. The van der Waals surface area contributed by atoms with Gasteiger partial charge in [-0.2, -0.15) is 0 Å². The van der Waals surface area contributed by atoms with E-state index in [0.717, 1.165) is 30.2 Å². The summed E-state index contributed by atoms with van der Waals surface area (Å²) in [6.07, 6.45) is 2.58. The normalized spacial score (nSPS) is 10.3. The number of rotatable bonds is 6. The fraction of sp³-hybridized carbons (Fsp3) is 0.333. The molecule has 0 atom stereocenters. The Kier molecular flexibility index (Phi) is 4.87. The molecule has 1 N–H and O–H groups in total. The van der Waals surface area contributed by atoms with Crippen molar-refractivity contribution in [3.8, 4) is 0 Å². The second-order valence-corrected chi connectivity index (χ2v) is 4.67. The van der Waals surface area contributed by atoms with Crippen molar-refractivity contribution < 1.29 is 4.39 Å². The van der Waals surface area contributed by atoms with Crippen LogP contribution in [0.25, 0.3) is 0 Å². The number of hydrogen-bond donors (Lipinski definition) is 1. The van der Waals surface area contributed by atoms with Crippen LogP contribution < -0.4 is 10.2 Å². The van der Waals surface area contributed by atoms with E-state index in [4.69, 9.17) is 0 Å². The minimum Gasteiger partial charge on any atom is -0.370 e. The van der Waals surface area contributed by atoms with Crippen molar-refractivity contribution in [3.63, 3.8) is 0 Å². The molecule has 0 aliphatic heterocycles. The highest BCUT2D eigenvalue weighted by molar-refractivity contribution is 5.48. The van der Waals surface area contributed by atoms with E-state index in [1.165, 1.54) is 18.5 Å². The monoisotopic (exact) mass is 274 g/mol. The van der Waals surface area contributed by atoms with Crippen LogP contribution in [0.3, 0.4) is 0 Å². The third-order valence-electron chi connectivity index (χ3n) is 2.91. The summed E-state index contributed by atoms with van der Waals surface area (Å²) in [5.74, 6) is 1.40. The van der Waals surface area contributed by atoms with E-state index in [2.05, 4.69) is 22.2 Å². The predicted octanol–water partition coefficient (Wildman–Crippen LogP) is 3.07. The van der Waals surface area contributed by atoms with Crippen LogP contribution in [0.15, 0.2) is 36.7 Å². The lowest BCUT2D eigenvalue weighted by atomic mass is 10.2. The van der Waals surface area contributed by atoms with Gasteiger partial charge in [-0.25, -0.2) is 14.4 Å². The van der Waals surface area contributed by atoms with Gasteiger partial charge in [-0.15, -0.1) is 0 Å². The zero-order chi connectivity index (χ0) is 14.4. The van der Waals surface area contributed by atoms with E-state index in [1.54, 1.807) is 6.07 Å². The van der Waals surface area contributed by atoms with Gasteiger partial charge in [0.05, 0.1) is 0 Å². The summed E-state index contributed by atoms with van der Waals surface area (Å²) in [5, 5.41) is 3.22. The van der Waals surface area contributed by atoms with Gasteiger partial charge in [0.25, 0.3) is 0 Å². The number of anilines is 2. The van der Waals surface area contributed by atoms with Crippen molar-refractivity contribution in [2.24, 2.45) is 0 Å². The van der Waals surface area contributed by atoms with Gasteiger partial charge in [0.15, 0.2) is 0 Å². The van der Waals surface area contributed by atoms with E-state index in [1.807, 2.05) is 24.1 Å². The Balaban J connectivity index is 2.06. The zero-order valence-electron chi connectivity index (χ0n) is 11.8. The molecule has 0 unspecified atom stereocenters. The van der Waals surface area contributed by atoms with Crippen LogP contribution in [0.2, 0.25) is 0 Å². The van der Waals surface area contributed by atoms with Gasteiger partial charge in [-0.1, -0.05) is 19.1 Å². The summed E-state index contributed by atoms with van der Waals surface area (Å²) in [6, 6.07) is 8.49. The fourth-order valence-electron chi connectivity index (χ4n) is 1.90. The molecule has 0 saturated carbocycles. The molecule has 5 heteroatoms. The average Bonchev–Trinajstić information content (AvgIpc) is 2.45. The van der Waals surface area contributed by atoms with Crippen LogP contribution in [0, 0.1) is 5.82 Å². The molecule has 1 heterocycles. The van der Waals surface area contributed by atoms with Crippen molar-refractivity contribution in [1.29, 1.82) is 0 Å². The second-order valence-electron chi connectivity index (χ2n) is 4.67. The van der Waals surface area contributed by atoms with Gasteiger partial charge >= 0.3 is 0 Å². The third kappa shape index (κ3) is 3.91. The molecule has 2 aromatic rings. The van der Waals surface area contributed by atoms with Crippen LogP contribution in [0.5, 0.6) is 0 Å². The van der Waals surface area contributed by atoms with Crippen LogP contribution in [0.4, 0.5) is 16.0 Å². The largest absolute Gasteiger partial charge is 0.370 e. The lowest BCUT2D eigenvalue weighted by molar-refractivity contribution is 0.625. The van der Waals surface area contributed by atoms with Gasteiger partial charge in [0, 0.05) is 26.2 Å². The number of halogens is 1. The van der Waals surface area contributed by atoms with Crippen molar-refractivity contribution >= 4 is 11.6 Å². The molecule has 0 aliphatic carbocycles. The van der Waals surface area contributed by atoms with E-state index in [0.29, 0.717) is 6.54 Å². The molecule has 20 heavy (non-hydrogen) atoms.